The summed E-state index contributed by atoms with van der Waals surface area (Å²) >= 11 is 0. The standard InChI is InChI=1S/C14H16N8O2S.C9H11F.2C2H6/c15-11-10(22-6-1-2-7-25(22,23)24)12(16)19-14(18-11)9-8-4-3-5-17-13(8)21-20-9;1-8-5-3-2-4-6-9(8)7-10;2*1-2/h3-5H,1-2,6-7H2,(H,17,20,21)(H4,15,16,18,19);2-5H,6-7H2,1H3;2*1-2H3. The minimum atomic E-state index is -3.46. The maximum Gasteiger partial charge on any atom is 0.235 e. The second-order valence-corrected chi connectivity index (χ2v) is 10.2. The molecule has 212 valence electrons. The van der Waals surface area contributed by atoms with Crippen LogP contribution < -0.4 is 15.8 Å². The number of alkyl halides is 1. The van der Waals surface area contributed by atoms with Crippen LogP contribution in [0.3, 0.4) is 0 Å². The van der Waals surface area contributed by atoms with Gasteiger partial charge in [-0.25, -0.2) is 27.8 Å². The molecule has 10 nitrogen and oxygen atoms in total. The largest absolute Gasteiger partial charge is 0.382 e. The number of nitrogen functional groups attached to an aromatic ring is 2. The number of nitrogens with one attached hydrogen (secondary N) is 1. The summed E-state index contributed by atoms with van der Waals surface area (Å²) in [6.07, 6.45) is 11.5. The van der Waals surface area contributed by atoms with Crippen LogP contribution >= 0.6 is 0 Å². The molecule has 1 fully saturated rings. The third-order valence-corrected chi connectivity index (χ3v) is 7.61. The Morgan fingerprint density at radius 1 is 1.08 bits per heavy atom. The van der Waals surface area contributed by atoms with Gasteiger partial charge < -0.3 is 11.5 Å². The number of aromatic nitrogens is 5. The number of hydrogen-bond acceptors (Lipinski definition) is 8. The van der Waals surface area contributed by atoms with E-state index < -0.39 is 10.0 Å². The first-order valence-electron chi connectivity index (χ1n) is 13.1. The van der Waals surface area contributed by atoms with Crippen LogP contribution in [0.2, 0.25) is 0 Å². The molecule has 0 unspecified atom stereocenters. The lowest BCUT2D eigenvalue weighted by Gasteiger charge is -2.29. The van der Waals surface area contributed by atoms with Crippen molar-refractivity contribution < 1.29 is 12.8 Å². The number of rotatable bonds is 3. The van der Waals surface area contributed by atoms with Crippen molar-refractivity contribution in [2.75, 3.05) is 34.7 Å². The van der Waals surface area contributed by atoms with E-state index in [1.54, 1.807) is 12.3 Å². The van der Waals surface area contributed by atoms with Gasteiger partial charge in [0.05, 0.1) is 5.75 Å². The normalized spacial score (nSPS) is 15.8. The number of fused-ring (bicyclic) bond motifs is 1. The Kier molecular flexibility index (Phi) is 12.1. The molecule has 39 heavy (non-hydrogen) atoms. The molecule has 0 aromatic carbocycles. The Balaban J connectivity index is 0.000000320. The molecule has 1 saturated heterocycles. The van der Waals surface area contributed by atoms with Crippen LogP contribution in [-0.2, 0) is 10.0 Å². The molecule has 0 radical (unpaired) electrons. The first-order valence-corrected chi connectivity index (χ1v) is 14.7. The van der Waals surface area contributed by atoms with E-state index >= 15 is 0 Å². The summed E-state index contributed by atoms with van der Waals surface area (Å²) in [5.41, 5.74) is 15.2. The number of allylic oxidation sites excluding steroid dienone is 6. The number of sulfonamides is 1. The van der Waals surface area contributed by atoms with Crippen molar-refractivity contribution in [1.29, 1.82) is 0 Å². The highest BCUT2D eigenvalue weighted by atomic mass is 32.2. The first kappa shape index (κ1) is 31.4. The number of halogens is 1. The van der Waals surface area contributed by atoms with Crippen molar-refractivity contribution in [2.24, 2.45) is 0 Å². The van der Waals surface area contributed by atoms with E-state index in [2.05, 4.69) is 25.1 Å². The molecule has 0 bridgehead atoms. The van der Waals surface area contributed by atoms with E-state index in [1.807, 2.05) is 65.0 Å². The van der Waals surface area contributed by atoms with Crippen LogP contribution in [-0.4, -0.2) is 52.5 Å². The van der Waals surface area contributed by atoms with Gasteiger partial charge in [-0.1, -0.05) is 52.0 Å². The maximum absolute atomic E-state index is 12.3. The molecule has 0 saturated carbocycles. The number of anilines is 3. The van der Waals surface area contributed by atoms with Crippen LogP contribution in [0, 0.1) is 0 Å². The van der Waals surface area contributed by atoms with Crippen molar-refractivity contribution in [3.05, 3.63) is 53.8 Å². The lowest BCUT2D eigenvalue weighted by Crippen LogP contribution is -2.39. The van der Waals surface area contributed by atoms with E-state index in [4.69, 9.17) is 11.5 Å². The topological polar surface area (TPSA) is 157 Å². The zero-order chi connectivity index (χ0) is 29.0. The van der Waals surface area contributed by atoms with E-state index in [0.29, 0.717) is 24.3 Å². The number of nitrogens with zero attached hydrogens (tertiary/aromatic N) is 5. The average molecular weight is 559 g/mol. The van der Waals surface area contributed by atoms with Crippen LogP contribution in [0.1, 0.15) is 53.9 Å². The lowest BCUT2D eigenvalue weighted by molar-refractivity contribution is 0.536. The van der Waals surface area contributed by atoms with E-state index in [1.165, 1.54) is 4.31 Å². The lowest BCUT2D eigenvalue weighted by atomic mass is 10.1. The number of hydrogen-bond donors (Lipinski definition) is 3. The van der Waals surface area contributed by atoms with Crippen LogP contribution in [0.5, 0.6) is 0 Å². The van der Waals surface area contributed by atoms with Crippen LogP contribution in [0.15, 0.2) is 53.8 Å². The third-order valence-electron chi connectivity index (χ3n) is 5.77. The number of H-pyrrole nitrogens is 1. The molecule has 1 aliphatic heterocycles. The SMILES string of the molecule is CC.CC.CC1=C(CF)CC=CC=C1.Nc1nc(-c2[nH]nc3ncccc23)nc(N)c1N1CCCCS1(=O)=O. The first-order chi connectivity index (χ1) is 18.8. The highest BCUT2D eigenvalue weighted by Gasteiger charge is 2.30. The van der Waals surface area contributed by atoms with Gasteiger partial charge in [-0.05, 0) is 49.5 Å². The number of pyridine rings is 1. The van der Waals surface area contributed by atoms with Crippen LogP contribution in [0.25, 0.3) is 22.6 Å². The van der Waals surface area contributed by atoms with E-state index in [9.17, 15) is 12.8 Å². The fourth-order valence-electron chi connectivity index (χ4n) is 3.85. The summed E-state index contributed by atoms with van der Waals surface area (Å²) < 4.78 is 38.0. The molecule has 12 heteroatoms. The van der Waals surface area contributed by atoms with Crippen molar-refractivity contribution in [2.45, 2.75) is 53.9 Å². The summed E-state index contributed by atoms with van der Waals surface area (Å²) in [5.74, 6) is 0.327. The fraction of sp³-hybridized carbons (Fsp3) is 0.407. The molecular formula is C27H39FN8O2S. The number of aromatic amines is 1. The highest BCUT2D eigenvalue weighted by Crippen LogP contribution is 2.34. The predicted octanol–water partition coefficient (Wildman–Crippen LogP) is 5.35. The van der Waals surface area contributed by atoms with Gasteiger partial charge in [0.15, 0.2) is 23.1 Å². The molecule has 3 aromatic rings. The second-order valence-electron chi connectivity index (χ2n) is 8.15. The van der Waals surface area contributed by atoms with Gasteiger partial charge in [0.1, 0.15) is 18.1 Å². The summed E-state index contributed by atoms with van der Waals surface area (Å²) in [5, 5.41) is 7.63. The molecule has 0 atom stereocenters. The molecule has 4 heterocycles. The van der Waals surface area contributed by atoms with Crippen molar-refractivity contribution >= 4 is 38.4 Å². The molecule has 0 amide bonds. The monoisotopic (exact) mass is 558 g/mol. The summed E-state index contributed by atoms with van der Waals surface area (Å²) in [6.45, 7) is 9.94. The van der Waals surface area contributed by atoms with Crippen molar-refractivity contribution in [3.63, 3.8) is 0 Å². The Labute approximate surface area is 230 Å². The van der Waals surface area contributed by atoms with E-state index in [0.717, 1.165) is 29.4 Å². The Morgan fingerprint density at radius 3 is 2.41 bits per heavy atom. The maximum atomic E-state index is 12.3. The van der Waals surface area contributed by atoms with Gasteiger partial charge in [-0.2, -0.15) is 5.10 Å². The second kappa shape index (κ2) is 15.0. The Bertz CT molecular complexity index is 1410. The van der Waals surface area contributed by atoms with Gasteiger partial charge in [-0.15, -0.1) is 0 Å². The Morgan fingerprint density at radius 2 is 1.77 bits per heavy atom. The third kappa shape index (κ3) is 7.62. The van der Waals surface area contributed by atoms with Gasteiger partial charge in [0.25, 0.3) is 0 Å². The van der Waals surface area contributed by atoms with Gasteiger partial charge in [-0.3, -0.25) is 9.40 Å². The highest BCUT2D eigenvalue weighted by molar-refractivity contribution is 7.92. The van der Waals surface area contributed by atoms with Crippen molar-refractivity contribution in [3.8, 4) is 11.5 Å². The molecular weight excluding hydrogens is 519 g/mol. The van der Waals surface area contributed by atoms with Gasteiger partial charge in [0, 0.05) is 18.1 Å². The minimum Gasteiger partial charge on any atom is -0.382 e. The van der Waals surface area contributed by atoms with Crippen molar-refractivity contribution in [1.82, 2.24) is 25.1 Å². The molecule has 3 aromatic heterocycles. The quantitative estimate of drug-likeness (QED) is 0.388. The van der Waals surface area contributed by atoms with Gasteiger partial charge >= 0.3 is 0 Å². The zero-order valence-electron chi connectivity index (χ0n) is 23.3. The molecule has 2 aliphatic rings. The molecule has 1 aliphatic carbocycles. The molecule has 5 rings (SSSR count). The van der Waals surface area contributed by atoms with Gasteiger partial charge in [0.2, 0.25) is 10.0 Å². The average Bonchev–Trinajstić information content (AvgIpc) is 3.26. The summed E-state index contributed by atoms with van der Waals surface area (Å²) in [6, 6.07) is 3.59. The van der Waals surface area contributed by atoms with E-state index in [-0.39, 0.29) is 35.6 Å². The minimum absolute atomic E-state index is 0.0135. The fourth-order valence-corrected chi connectivity index (χ4v) is 5.51. The zero-order valence-corrected chi connectivity index (χ0v) is 24.1. The summed E-state index contributed by atoms with van der Waals surface area (Å²) in [4.78, 5) is 12.6. The summed E-state index contributed by atoms with van der Waals surface area (Å²) in [7, 11) is -3.46. The predicted molar refractivity (Wildman–Crippen MR) is 158 cm³/mol. The molecule has 5 N–H and O–H groups in total. The molecule has 0 spiro atoms. The smallest absolute Gasteiger partial charge is 0.235 e. The van der Waals surface area contributed by atoms with Crippen LogP contribution in [0.4, 0.5) is 21.7 Å². The number of nitrogens with two attached hydrogens (primary N) is 2. The Hall–Kier alpha value is -3.80.